The van der Waals surface area contributed by atoms with E-state index < -0.39 is 11.4 Å². The minimum absolute atomic E-state index is 0.0856. The van der Waals surface area contributed by atoms with Crippen molar-refractivity contribution in [3.05, 3.63) is 58.2 Å². The molecular formula is C21H20FNO4. The number of methoxy groups -OCH3 is 1. The monoisotopic (exact) mass is 369 g/mol. The molecule has 0 saturated heterocycles. The van der Waals surface area contributed by atoms with Crippen molar-refractivity contribution in [1.29, 1.82) is 0 Å². The van der Waals surface area contributed by atoms with Crippen LogP contribution in [0, 0.1) is 5.82 Å². The van der Waals surface area contributed by atoms with Gasteiger partial charge in [0.25, 0.3) is 0 Å². The highest BCUT2D eigenvalue weighted by Gasteiger charge is 2.18. The fraction of sp³-hybridized carbons (Fsp3) is 0.238. The van der Waals surface area contributed by atoms with Crippen LogP contribution in [0.3, 0.4) is 0 Å². The first kappa shape index (κ1) is 18.6. The molecule has 1 heterocycles. The second-order valence-corrected chi connectivity index (χ2v) is 6.00. The summed E-state index contributed by atoms with van der Waals surface area (Å²) in [5, 5.41) is 0.567. The van der Waals surface area contributed by atoms with Crippen molar-refractivity contribution < 1.29 is 18.3 Å². The second kappa shape index (κ2) is 7.61. The third kappa shape index (κ3) is 3.30. The summed E-state index contributed by atoms with van der Waals surface area (Å²) in [5.41, 5.74) is 1.12. The van der Waals surface area contributed by atoms with Crippen LogP contribution in [0.5, 0.6) is 5.75 Å². The zero-order valence-corrected chi connectivity index (χ0v) is 15.4. The molecule has 0 aliphatic rings. The highest BCUT2D eigenvalue weighted by atomic mass is 19.1. The molecule has 5 nitrogen and oxygen atoms in total. The van der Waals surface area contributed by atoms with E-state index in [1.165, 1.54) is 19.2 Å². The van der Waals surface area contributed by atoms with Crippen molar-refractivity contribution in [3.8, 4) is 16.9 Å². The van der Waals surface area contributed by atoms with Crippen molar-refractivity contribution >= 4 is 22.9 Å². The molecule has 1 aromatic heterocycles. The first-order chi connectivity index (χ1) is 13.0. The van der Waals surface area contributed by atoms with Gasteiger partial charge in [0.1, 0.15) is 11.1 Å². The van der Waals surface area contributed by atoms with E-state index in [1.54, 1.807) is 18.2 Å². The molecule has 0 radical (unpaired) electrons. The van der Waals surface area contributed by atoms with Gasteiger partial charge in [-0.15, -0.1) is 0 Å². The van der Waals surface area contributed by atoms with Gasteiger partial charge < -0.3 is 14.1 Å². The number of halogens is 1. The lowest BCUT2D eigenvalue weighted by Gasteiger charge is -2.21. The minimum Gasteiger partial charge on any atom is -0.494 e. The number of carbonyl (C=O) groups excluding carboxylic acids is 1. The van der Waals surface area contributed by atoms with Gasteiger partial charge >= 0.3 is 5.63 Å². The van der Waals surface area contributed by atoms with E-state index in [-0.39, 0.29) is 11.3 Å². The average Bonchev–Trinajstić information content (AvgIpc) is 2.67. The Labute approximate surface area is 156 Å². The van der Waals surface area contributed by atoms with Crippen LogP contribution in [-0.4, -0.2) is 26.5 Å². The SMILES string of the molecule is CCN(CC)c1ccc2c(-c3ccc(OC)c(F)c3)c(C=O)c(=O)oc2c1. The summed E-state index contributed by atoms with van der Waals surface area (Å²) in [6.45, 7) is 5.67. The minimum atomic E-state index is -0.750. The summed E-state index contributed by atoms with van der Waals surface area (Å²) >= 11 is 0. The van der Waals surface area contributed by atoms with E-state index in [0.717, 1.165) is 18.8 Å². The Morgan fingerprint density at radius 2 is 1.89 bits per heavy atom. The fourth-order valence-electron chi connectivity index (χ4n) is 3.23. The summed E-state index contributed by atoms with van der Waals surface area (Å²) < 4.78 is 24.5. The van der Waals surface area contributed by atoms with Gasteiger partial charge in [-0.25, -0.2) is 9.18 Å². The molecule has 0 aliphatic carbocycles. The first-order valence-corrected chi connectivity index (χ1v) is 8.68. The maximum Gasteiger partial charge on any atom is 0.347 e. The van der Waals surface area contributed by atoms with Crippen LogP contribution in [0.15, 0.2) is 45.6 Å². The van der Waals surface area contributed by atoms with Crippen molar-refractivity contribution in [1.82, 2.24) is 0 Å². The molecule has 0 spiro atoms. The molecular weight excluding hydrogens is 349 g/mol. The predicted octanol–water partition coefficient (Wildman–Crippen LogP) is 4.27. The molecule has 0 bridgehead atoms. The van der Waals surface area contributed by atoms with E-state index in [4.69, 9.17) is 9.15 Å². The maximum atomic E-state index is 14.2. The second-order valence-electron chi connectivity index (χ2n) is 6.00. The molecule has 27 heavy (non-hydrogen) atoms. The summed E-state index contributed by atoms with van der Waals surface area (Å²) in [6.07, 6.45) is 0.445. The van der Waals surface area contributed by atoms with E-state index in [0.29, 0.717) is 28.4 Å². The van der Waals surface area contributed by atoms with Crippen molar-refractivity contribution in [2.24, 2.45) is 0 Å². The molecule has 0 atom stereocenters. The zero-order valence-electron chi connectivity index (χ0n) is 15.4. The van der Waals surface area contributed by atoms with Crippen molar-refractivity contribution in [3.63, 3.8) is 0 Å². The molecule has 0 fully saturated rings. The first-order valence-electron chi connectivity index (χ1n) is 8.68. The van der Waals surface area contributed by atoms with Crippen molar-refractivity contribution in [2.75, 3.05) is 25.1 Å². The van der Waals surface area contributed by atoms with E-state index >= 15 is 0 Å². The summed E-state index contributed by atoms with van der Waals surface area (Å²) in [5.74, 6) is -0.490. The molecule has 0 N–H and O–H groups in total. The third-order valence-electron chi connectivity index (χ3n) is 4.61. The average molecular weight is 369 g/mol. The van der Waals surface area contributed by atoms with Crippen molar-refractivity contribution in [2.45, 2.75) is 13.8 Å². The summed E-state index contributed by atoms with van der Waals surface area (Å²) in [7, 11) is 1.37. The van der Waals surface area contributed by atoms with Gasteiger partial charge in [-0.2, -0.15) is 0 Å². The Hall–Kier alpha value is -3.15. The molecule has 2 aromatic carbocycles. The number of fused-ring (bicyclic) bond motifs is 1. The Morgan fingerprint density at radius 3 is 2.48 bits per heavy atom. The molecule has 0 unspecified atom stereocenters. The Morgan fingerprint density at radius 1 is 1.15 bits per heavy atom. The molecule has 3 rings (SSSR count). The number of ether oxygens (including phenoxy) is 1. The Bertz CT molecular complexity index is 1050. The number of benzene rings is 2. The van der Waals surface area contributed by atoms with Gasteiger partial charge in [0, 0.05) is 35.8 Å². The molecule has 0 amide bonds. The number of hydrogen-bond donors (Lipinski definition) is 0. The Balaban J connectivity index is 2.31. The number of nitrogens with zero attached hydrogens (tertiary/aromatic N) is 1. The lowest BCUT2D eigenvalue weighted by molar-refractivity contribution is 0.112. The largest absolute Gasteiger partial charge is 0.494 e. The van der Waals surface area contributed by atoms with Crippen LogP contribution in [0.2, 0.25) is 0 Å². The van der Waals surface area contributed by atoms with Gasteiger partial charge in [0.05, 0.1) is 7.11 Å². The smallest absolute Gasteiger partial charge is 0.347 e. The number of hydrogen-bond acceptors (Lipinski definition) is 5. The van der Waals surface area contributed by atoms with Gasteiger partial charge in [-0.3, -0.25) is 4.79 Å². The molecule has 3 aromatic rings. The summed E-state index contributed by atoms with van der Waals surface area (Å²) in [4.78, 5) is 26.0. The van der Waals surface area contributed by atoms with Gasteiger partial charge in [0.2, 0.25) is 0 Å². The lowest BCUT2D eigenvalue weighted by Crippen LogP contribution is -2.21. The Kier molecular flexibility index (Phi) is 5.26. The highest BCUT2D eigenvalue weighted by Crippen LogP contribution is 2.34. The van der Waals surface area contributed by atoms with Crippen LogP contribution in [0.25, 0.3) is 22.1 Å². The number of anilines is 1. The predicted molar refractivity (Wildman–Crippen MR) is 103 cm³/mol. The third-order valence-corrected chi connectivity index (χ3v) is 4.61. The van der Waals surface area contributed by atoms with E-state index in [2.05, 4.69) is 4.90 Å². The number of rotatable bonds is 6. The molecule has 0 aliphatic heterocycles. The van der Waals surface area contributed by atoms with Crippen LogP contribution in [0.4, 0.5) is 10.1 Å². The van der Waals surface area contributed by atoms with Crippen LogP contribution >= 0.6 is 0 Å². The van der Waals surface area contributed by atoms with Gasteiger partial charge in [-0.05, 0) is 43.7 Å². The van der Waals surface area contributed by atoms with Crippen LogP contribution in [0.1, 0.15) is 24.2 Å². The number of carbonyl (C=O) groups is 1. The van der Waals surface area contributed by atoms with Crippen LogP contribution < -0.4 is 15.3 Å². The standard InChI is InChI=1S/C21H20FNO4/c1-4-23(5-2)14-7-8-15-19(11-14)27-21(25)16(12-24)20(15)13-6-9-18(26-3)17(22)10-13/h6-12H,4-5H2,1-3H3. The number of aldehydes is 1. The van der Waals surface area contributed by atoms with Crippen LogP contribution in [-0.2, 0) is 0 Å². The van der Waals surface area contributed by atoms with Gasteiger partial charge in [0.15, 0.2) is 17.9 Å². The molecule has 6 heteroatoms. The topological polar surface area (TPSA) is 59.8 Å². The quantitative estimate of drug-likeness (QED) is 0.480. The van der Waals surface area contributed by atoms with Gasteiger partial charge in [-0.1, -0.05) is 6.07 Å². The van der Waals surface area contributed by atoms with E-state index in [9.17, 15) is 14.0 Å². The zero-order chi connectivity index (χ0) is 19.6. The molecule has 0 saturated carbocycles. The lowest BCUT2D eigenvalue weighted by atomic mass is 9.97. The van der Waals surface area contributed by atoms with E-state index in [1.807, 2.05) is 19.9 Å². The summed E-state index contributed by atoms with van der Waals surface area (Å²) in [6, 6.07) is 9.77. The fourth-order valence-corrected chi connectivity index (χ4v) is 3.23. The molecule has 140 valence electrons. The normalized spacial score (nSPS) is 10.8. The maximum absolute atomic E-state index is 14.2. The highest BCUT2D eigenvalue weighted by molar-refractivity contribution is 6.02.